The normalized spacial score (nSPS) is 14.3. The van der Waals surface area contributed by atoms with E-state index < -0.39 is 24.0 Å². The number of hydrogen-bond acceptors (Lipinski definition) is 4. The van der Waals surface area contributed by atoms with E-state index in [0.717, 1.165) is 13.2 Å². The predicted octanol–water partition coefficient (Wildman–Crippen LogP) is 1.05. The maximum atomic E-state index is 13.3. The zero-order valence-electron chi connectivity index (χ0n) is 8.35. The standard InChI is InChI=1S/C10H10ClFO4/c1-16-10(15)9(14)8(13)6-3-2-5(11)4-7(6)12/h2-4,8-9,13-14H,1H3. The summed E-state index contributed by atoms with van der Waals surface area (Å²) in [4.78, 5) is 10.9. The highest BCUT2D eigenvalue weighted by molar-refractivity contribution is 6.30. The first-order valence-corrected chi connectivity index (χ1v) is 4.74. The van der Waals surface area contributed by atoms with E-state index >= 15 is 0 Å². The highest BCUT2D eigenvalue weighted by Crippen LogP contribution is 2.23. The molecule has 2 unspecified atom stereocenters. The molecule has 0 amide bonds. The molecule has 2 N–H and O–H groups in total. The third-order valence-corrected chi connectivity index (χ3v) is 2.26. The number of aliphatic hydroxyl groups is 2. The smallest absolute Gasteiger partial charge is 0.337 e. The van der Waals surface area contributed by atoms with Crippen molar-refractivity contribution >= 4 is 17.6 Å². The first-order valence-electron chi connectivity index (χ1n) is 4.36. The molecule has 6 heteroatoms. The molecule has 0 aliphatic rings. The van der Waals surface area contributed by atoms with Gasteiger partial charge in [-0.1, -0.05) is 17.7 Å². The Balaban J connectivity index is 2.96. The molecule has 88 valence electrons. The van der Waals surface area contributed by atoms with Gasteiger partial charge in [0.05, 0.1) is 7.11 Å². The van der Waals surface area contributed by atoms with E-state index in [4.69, 9.17) is 11.6 Å². The van der Waals surface area contributed by atoms with Crippen LogP contribution in [0.4, 0.5) is 4.39 Å². The third kappa shape index (κ3) is 2.69. The van der Waals surface area contributed by atoms with E-state index in [9.17, 15) is 19.4 Å². The van der Waals surface area contributed by atoms with Crippen LogP contribution in [0, 0.1) is 5.82 Å². The van der Waals surface area contributed by atoms with Gasteiger partial charge >= 0.3 is 5.97 Å². The minimum Gasteiger partial charge on any atom is -0.467 e. The number of benzene rings is 1. The first kappa shape index (κ1) is 12.9. The Morgan fingerprint density at radius 1 is 1.50 bits per heavy atom. The number of hydrogen-bond donors (Lipinski definition) is 2. The number of rotatable bonds is 3. The molecule has 16 heavy (non-hydrogen) atoms. The summed E-state index contributed by atoms with van der Waals surface area (Å²) in [5.41, 5.74) is -0.220. The Hall–Kier alpha value is -1.17. The Morgan fingerprint density at radius 3 is 2.62 bits per heavy atom. The van der Waals surface area contributed by atoms with Crippen LogP contribution in [-0.2, 0) is 9.53 Å². The number of methoxy groups -OCH3 is 1. The van der Waals surface area contributed by atoms with Gasteiger partial charge in [-0.3, -0.25) is 0 Å². The summed E-state index contributed by atoms with van der Waals surface area (Å²) in [7, 11) is 1.05. The molecule has 0 heterocycles. The number of halogens is 2. The minimum atomic E-state index is -1.83. The predicted molar refractivity (Wildman–Crippen MR) is 54.4 cm³/mol. The number of esters is 1. The van der Waals surface area contributed by atoms with Crippen molar-refractivity contribution in [2.75, 3.05) is 7.11 Å². The second-order valence-electron chi connectivity index (χ2n) is 3.08. The van der Waals surface area contributed by atoms with Crippen LogP contribution in [0.15, 0.2) is 18.2 Å². The van der Waals surface area contributed by atoms with Crippen LogP contribution in [0.5, 0.6) is 0 Å². The van der Waals surface area contributed by atoms with Crippen molar-refractivity contribution in [3.63, 3.8) is 0 Å². The van der Waals surface area contributed by atoms with Crippen molar-refractivity contribution in [2.24, 2.45) is 0 Å². The van der Waals surface area contributed by atoms with Gasteiger partial charge in [0.25, 0.3) is 0 Å². The summed E-state index contributed by atoms with van der Waals surface area (Å²) in [6.45, 7) is 0. The van der Waals surface area contributed by atoms with Gasteiger partial charge in [-0.05, 0) is 12.1 Å². The van der Waals surface area contributed by atoms with E-state index in [1.807, 2.05) is 0 Å². The zero-order chi connectivity index (χ0) is 12.3. The Labute approximate surface area is 96.2 Å². The van der Waals surface area contributed by atoms with E-state index in [1.165, 1.54) is 12.1 Å². The highest BCUT2D eigenvalue weighted by atomic mass is 35.5. The van der Waals surface area contributed by atoms with Crippen molar-refractivity contribution in [3.05, 3.63) is 34.6 Å². The van der Waals surface area contributed by atoms with Gasteiger partial charge in [0.2, 0.25) is 0 Å². The van der Waals surface area contributed by atoms with Crippen LogP contribution in [0.25, 0.3) is 0 Å². The molecule has 0 radical (unpaired) electrons. The number of carbonyl (C=O) groups is 1. The van der Waals surface area contributed by atoms with Gasteiger partial charge in [0, 0.05) is 10.6 Å². The molecule has 2 atom stereocenters. The average molecular weight is 249 g/mol. The fourth-order valence-electron chi connectivity index (χ4n) is 1.16. The first-order chi connectivity index (χ1) is 7.47. The van der Waals surface area contributed by atoms with Crippen LogP contribution >= 0.6 is 11.6 Å². The van der Waals surface area contributed by atoms with Crippen LogP contribution in [0.2, 0.25) is 5.02 Å². The van der Waals surface area contributed by atoms with Crippen molar-refractivity contribution < 1.29 is 24.1 Å². The Kier molecular flexibility index (Phi) is 4.23. The highest BCUT2D eigenvalue weighted by Gasteiger charge is 2.28. The summed E-state index contributed by atoms with van der Waals surface area (Å²) in [5.74, 6) is -1.84. The van der Waals surface area contributed by atoms with Crippen molar-refractivity contribution in [1.29, 1.82) is 0 Å². The van der Waals surface area contributed by atoms with E-state index in [1.54, 1.807) is 0 Å². The Morgan fingerprint density at radius 2 is 2.12 bits per heavy atom. The molecule has 0 bridgehead atoms. The van der Waals surface area contributed by atoms with Gasteiger partial charge < -0.3 is 14.9 Å². The number of carbonyl (C=O) groups excluding carboxylic acids is 1. The van der Waals surface area contributed by atoms with Crippen molar-refractivity contribution in [2.45, 2.75) is 12.2 Å². The minimum absolute atomic E-state index is 0.154. The lowest BCUT2D eigenvalue weighted by atomic mass is 10.0. The number of aliphatic hydroxyl groups excluding tert-OH is 2. The molecule has 0 aliphatic heterocycles. The quantitative estimate of drug-likeness (QED) is 0.785. The van der Waals surface area contributed by atoms with Gasteiger partial charge in [-0.25, -0.2) is 9.18 Å². The average Bonchev–Trinajstić information content (AvgIpc) is 2.26. The lowest BCUT2D eigenvalue weighted by Gasteiger charge is -2.16. The van der Waals surface area contributed by atoms with E-state index in [2.05, 4.69) is 4.74 Å². The second-order valence-corrected chi connectivity index (χ2v) is 3.52. The largest absolute Gasteiger partial charge is 0.467 e. The maximum absolute atomic E-state index is 13.3. The molecule has 0 saturated carbocycles. The summed E-state index contributed by atoms with van der Waals surface area (Å²) in [6.07, 6.45) is -3.52. The van der Waals surface area contributed by atoms with Gasteiger partial charge in [-0.15, -0.1) is 0 Å². The van der Waals surface area contributed by atoms with Crippen molar-refractivity contribution in [1.82, 2.24) is 0 Å². The fraction of sp³-hybridized carbons (Fsp3) is 0.300. The maximum Gasteiger partial charge on any atom is 0.337 e. The van der Waals surface area contributed by atoms with E-state index in [0.29, 0.717) is 0 Å². The van der Waals surface area contributed by atoms with Gasteiger partial charge in [-0.2, -0.15) is 0 Å². The SMILES string of the molecule is COC(=O)C(O)C(O)c1ccc(Cl)cc1F. The van der Waals surface area contributed by atoms with Crippen LogP contribution < -0.4 is 0 Å². The molecule has 0 aliphatic carbocycles. The molecule has 1 aromatic rings. The zero-order valence-corrected chi connectivity index (χ0v) is 9.11. The molecule has 0 fully saturated rings. The molecule has 1 aromatic carbocycles. The summed E-state index contributed by atoms with van der Waals surface area (Å²) in [5, 5.41) is 19.0. The summed E-state index contributed by atoms with van der Waals surface area (Å²) >= 11 is 5.52. The molecular weight excluding hydrogens is 239 g/mol. The lowest BCUT2D eigenvalue weighted by molar-refractivity contribution is -0.156. The fourth-order valence-corrected chi connectivity index (χ4v) is 1.32. The van der Waals surface area contributed by atoms with Crippen LogP contribution in [0.3, 0.4) is 0 Å². The molecular formula is C10H10ClFO4. The second kappa shape index (κ2) is 5.25. The Bertz CT molecular complexity index is 396. The van der Waals surface area contributed by atoms with E-state index in [-0.39, 0.29) is 10.6 Å². The monoisotopic (exact) mass is 248 g/mol. The lowest BCUT2D eigenvalue weighted by Crippen LogP contribution is -2.29. The summed E-state index contributed by atoms with van der Waals surface area (Å²) in [6, 6.07) is 3.51. The van der Waals surface area contributed by atoms with Crippen molar-refractivity contribution in [3.8, 4) is 0 Å². The third-order valence-electron chi connectivity index (χ3n) is 2.02. The summed E-state index contributed by atoms with van der Waals surface area (Å²) < 4.78 is 17.5. The number of ether oxygens (including phenoxy) is 1. The molecule has 4 nitrogen and oxygen atoms in total. The van der Waals surface area contributed by atoms with Crippen LogP contribution in [0.1, 0.15) is 11.7 Å². The van der Waals surface area contributed by atoms with Crippen LogP contribution in [-0.4, -0.2) is 29.4 Å². The van der Waals surface area contributed by atoms with Gasteiger partial charge in [0.15, 0.2) is 6.10 Å². The van der Waals surface area contributed by atoms with Gasteiger partial charge in [0.1, 0.15) is 11.9 Å². The molecule has 0 spiro atoms. The topological polar surface area (TPSA) is 66.8 Å². The molecule has 1 rings (SSSR count). The molecule has 0 saturated heterocycles. The molecule has 0 aromatic heterocycles.